The van der Waals surface area contributed by atoms with Gasteiger partial charge in [0, 0.05) is 41.4 Å². The molecule has 0 spiro atoms. The number of nitrogens with zero attached hydrogens (tertiary/aromatic N) is 2. The average molecular weight is 383 g/mol. The van der Waals surface area contributed by atoms with Crippen LogP contribution in [0, 0.1) is 0 Å². The standard InChI is InChI=1S/C17H19ClN2O2S2/c18-14-4-1-13(2-5-14)3-6-16(21)20-12-24-11-15(20)17(22)19-7-9-23-10-8-19/h1-6,15H,7-12H2. The van der Waals surface area contributed by atoms with Crippen LogP contribution in [-0.2, 0) is 9.59 Å². The van der Waals surface area contributed by atoms with Gasteiger partial charge in [-0.3, -0.25) is 9.59 Å². The topological polar surface area (TPSA) is 40.6 Å². The first-order valence-electron chi connectivity index (χ1n) is 7.84. The van der Waals surface area contributed by atoms with E-state index in [2.05, 4.69) is 0 Å². The molecule has 1 aromatic rings. The molecule has 1 atom stereocenters. The Kier molecular flexibility index (Phi) is 6.14. The number of carbonyl (C=O) groups is 2. The van der Waals surface area contributed by atoms with Crippen LogP contribution in [0.15, 0.2) is 30.3 Å². The van der Waals surface area contributed by atoms with Crippen LogP contribution < -0.4 is 0 Å². The van der Waals surface area contributed by atoms with Crippen LogP contribution in [0.3, 0.4) is 0 Å². The van der Waals surface area contributed by atoms with E-state index in [4.69, 9.17) is 11.6 Å². The first-order valence-corrected chi connectivity index (χ1v) is 10.5. The van der Waals surface area contributed by atoms with E-state index in [1.54, 1.807) is 40.9 Å². The summed E-state index contributed by atoms with van der Waals surface area (Å²) in [5.41, 5.74) is 0.913. The largest absolute Gasteiger partial charge is 0.339 e. The third kappa shape index (κ3) is 4.29. The fourth-order valence-electron chi connectivity index (χ4n) is 2.70. The highest BCUT2D eigenvalue weighted by Gasteiger charge is 2.36. The number of amides is 2. The van der Waals surface area contributed by atoms with Gasteiger partial charge in [-0.25, -0.2) is 0 Å². The molecule has 3 rings (SSSR count). The SMILES string of the molecule is O=C(C1CSCN1C(=O)C=Cc1ccc(Cl)cc1)N1CCSCC1. The zero-order valence-corrected chi connectivity index (χ0v) is 15.6. The summed E-state index contributed by atoms with van der Waals surface area (Å²) in [4.78, 5) is 28.8. The first kappa shape index (κ1) is 17.7. The molecule has 2 aliphatic rings. The summed E-state index contributed by atoms with van der Waals surface area (Å²) in [5, 5.41) is 0.666. The summed E-state index contributed by atoms with van der Waals surface area (Å²) in [6, 6.07) is 6.97. The van der Waals surface area contributed by atoms with Gasteiger partial charge in [-0.15, -0.1) is 11.8 Å². The van der Waals surface area contributed by atoms with Gasteiger partial charge < -0.3 is 9.80 Å². The minimum absolute atomic E-state index is 0.0912. The van der Waals surface area contributed by atoms with Crippen LogP contribution in [0.25, 0.3) is 6.08 Å². The molecule has 0 aliphatic carbocycles. The Morgan fingerprint density at radius 1 is 1.12 bits per heavy atom. The molecule has 7 heteroatoms. The Balaban J connectivity index is 1.64. The smallest absolute Gasteiger partial charge is 0.247 e. The molecule has 2 aliphatic heterocycles. The van der Waals surface area contributed by atoms with Crippen LogP contribution in [0.2, 0.25) is 5.02 Å². The zero-order chi connectivity index (χ0) is 16.9. The van der Waals surface area contributed by atoms with Gasteiger partial charge in [0.15, 0.2) is 0 Å². The zero-order valence-electron chi connectivity index (χ0n) is 13.2. The maximum Gasteiger partial charge on any atom is 0.247 e. The first-order chi connectivity index (χ1) is 11.6. The van der Waals surface area contributed by atoms with Gasteiger partial charge in [-0.05, 0) is 23.8 Å². The lowest BCUT2D eigenvalue weighted by Crippen LogP contribution is -2.50. The highest BCUT2D eigenvalue weighted by Crippen LogP contribution is 2.24. The maximum absolute atomic E-state index is 12.7. The lowest BCUT2D eigenvalue weighted by Gasteiger charge is -2.31. The minimum atomic E-state index is -0.333. The second-order valence-electron chi connectivity index (χ2n) is 5.65. The van der Waals surface area contributed by atoms with Gasteiger partial charge in [0.1, 0.15) is 6.04 Å². The predicted molar refractivity (Wildman–Crippen MR) is 102 cm³/mol. The van der Waals surface area contributed by atoms with Gasteiger partial charge in [0.25, 0.3) is 0 Å². The van der Waals surface area contributed by atoms with Crippen molar-refractivity contribution in [3.8, 4) is 0 Å². The lowest BCUT2D eigenvalue weighted by molar-refractivity contribution is -0.140. The van der Waals surface area contributed by atoms with E-state index in [-0.39, 0.29) is 17.9 Å². The highest BCUT2D eigenvalue weighted by molar-refractivity contribution is 7.99. The van der Waals surface area contributed by atoms with Crippen LogP contribution in [0.1, 0.15) is 5.56 Å². The molecule has 0 N–H and O–H groups in total. The van der Waals surface area contributed by atoms with Gasteiger partial charge in [-0.2, -0.15) is 11.8 Å². The Labute approximate surface area is 155 Å². The van der Waals surface area contributed by atoms with Gasteiger partial charge in [-0.1, -0.05) is 23.7 Å². The number of rotatable bonds is 3. The van der Waals surface area contributed by atoms with Crippen molar-refractivity contribution in [3.63, 3.8) is 0 Å². The molecule has 1 unspecified atom stereocenters. The van der Waals surface area contributed by atoms with Crippen molar-refractivity contribution < 1.29 is 9.59 Å². The molecule has 0 saturated carbocycles. The molecule has 2 saturated heterocycles. The molecule has 4 nitrogen and oxygen atoms in total. The Hall–Kier alpha value is -1.11. The molecule has 2 heterocycles. The number of hydrogen-bond acceptors (Lipinski definition) is 4. The number of hydrogen-bond donors (Lipinski definition) is 0. The van der Waals surface area contributed by atoms with Gasteiger partial charge >= 0.3 is 0 Å². The third-order valence-corrected chi connectivity index (χ3v) is 6.27. The highest BCUT2D eigenvalue weighted by atomic mass is 35.5. The van der Waals surface area contributed by atoms with Crippen molar-refractivity contribution in [3.05, 3.63) is 40.9 Å². The van der Waals surface area contributed by atoms with Crippen LogP contribution >= 0.6 is 35.1 Å². The summed E-state index contributed by atoms with van der Waals surface area (Å²) in [7, 11) is 0. The van der Waals surface area contributed by atoms with Gasteiger partial charge in [0.05, 0.1) is 5.88 Å². The van der Waals surface area contributed by atoms with E-state index in [0.717, 1.165) is 30.2 Å². The van der Waals surface area contributed by atoms with Gasteiger partial charge in [0.2, 0.25) is 11.8 Å². The average Bonchev–Trinajstić information content (AvgIpc) is 3.11. The van der Waals surface area contributed by atoms with Crippen molar-refractivity contribution in [2.24, 2.45) is 0 Å². The second kappa shape index (κ2) is 8.32. The van der Waals surface area contributed by atoms with E-state index in [0.29, 0.717) is 16.7 Å². The maximum atomic E-state index is 12.7. The van der Waals surface area contributed by atoms with Crippen molar-refractivity contribution in [2.45, 2.75) is 6.04 Å². The lowest BCUT2D eigenvalue weighted by atomic mass is 10.2. The quantitative estimate of drug-likeness (QED) is 0.754. The van der Waals surface area contributed by atoms with E-state index < -0.39 is 0 Å². The summed E-state index contributed by atoms with van der Waals surface area (Å²) >= 11 is 9.37. The van der Waals surface area contributed by atoms with Crippen molar-refractivity contribution >= 4 is 53.0 Å². The minimum Gasteiger partial charge on any atom is -0.339 e. The van der Waals surface area contributed by atoms with E-state index in [1.807, 2.05) is 28.8 Å². The van der Waals surface area contributed by atoms with E-state index in [1.165, 1.54) is 0 Å². The third-order valence-electron chi connectivity index (χ3n) is 4.06. The summed E-state index contributed by atoms with van der Waals surface area (Å²) in [6.07, 6.45) is 3.31. The molecule has 0 bridgehead atoms. The monoisotopic (exact) mass is 382 g/mol. The molecular weight excluding hydrogens is 364 g/mol. The molecule has 2 amide bonds. The Morgan fingerprint density at radius 3 is 2.54 bits per heavy atom. The van der Waals surface area contributed by atoms with Crippen molar-refractivity contribution in [2.75, 3.05) is 36.2 Å². The van der Waals surface area contributed by atoms with Crippen molar-refractivity contribution in [1.29, 1.82) is 0 Å². The molecule has 1 aromatic carbocycles. The number of carbonyl (C=O) groups excluding carboxylic acids is 2. The summed E-state index contributed by atoms with van der Waals surface area (Å²) in [5.74, 6) is 3.20. The summed E-state index contributed by atoms with van der Waals surface area (Å²) < 4.78 is 0. The fraction of sp³-hybridized carbons (Fsp3) is 0.412. The van der Waals surface area contributed by atoms with Crippen LogP contribution in [0.5, 0.6) is 0 Å². The Bertz CT molecular complexity index is 630. The molecule has 2 fully saturated rings. The molecular formula is C17H19ClN2O2S2. The molecule has 0 radical (unpaired) electrons. The van der Waals surface area contributed by atoms with Crippen LogP contribution in [-0.4, -0.2) is 63.9 Å². The molecule has 24 heavy (non-hydrogen) atoms. The Morgan fingerprint density at radius 2 is 1.83 bits per heavy atom. The number of thioether (sulfide) groups is 2. The van der Waals surface area contributed by atoms with Crippen molar-refractivity contribution in [1.82, 2.24) is 9.80 Å². The fourth-order valence-corrected chi connectivity index (χ4v) is 4.88. The molecule has 0 aromatic heterocycles. The summed E-state index contributed by atoms with van der Waals surface area (Å²) in [6.45, 7) is 1.57. The van der Waals surface area contributed by atoms with E-state index in [9.17, 15) is 9.59 Å². The van der Waals surface area contributed by atoms with Crippen LogP contribution in [0.4, 0.5) is 0 Å². The number of halogens is 1. The van der Waals surface area contributed by atoms with E-state index >= 15 is 0 Å². The molecule has 128 valence electrons. The predicted octanol–water partition coefficient (Wildman–Crippen LogP) is 2.83. The second-order valence-corrected chi connectivity index (χ2v) is 8.31. The normalized spacial score (nSPS) is 21.5. The number of benzene rings is 1.